The van der Waals surface area contributed by atoms with E-state index in [1.807, 2.05) is 0 Å². The largest absolute Gasteiger partial charge is 0.472 e. The van der Waals surface area contributed by atoms with Gasteiger partial charge in [-0.25, -0.2) is 4.79 Å². The number of hydrogen-bond acceptors (Lipinski definition) is 3. The Hall–Kier alpha value is -2.24. The van der Waals surface area contributed by atoms with Gasteiger partial charge in [0.25, 0.3) is 0 Å². The molecule has 0 aliphatic heterocycles. The van der Waals surface area contributed by atoms with E-state index in [1.165, 1.54) is 6.92 Å². The first kappa shape index (κ1) is 17.1. The topological polar surface area (TPSA) is 67.4 Å². The van der Waals surface area contributed by atoms with Crippen molar-refractivity contribution >= 4 is 40.7 Å². The van der Waals surface area contributed by atoms with Crippen LogP contribution >= 0.6 is 23.2 Å². The number of ketones is 1. The average Bonchev–Trinajstić information content (AvgIpc) is 2.50. The van der Waals surface area contributed by atoms with Gasteiger partial charge in [-0.05, 0) is 49.4 Å². The third-order valence-corrected chi connectivity index (χ3v) is 3.43. The Morgan fingerprint density at radius 1 is 1.09 bits per heavy atom. The van der Waals surface area contributed by atoms with Gasteiger partial charge in [0.1, 0.15) is 5.75 Å². The lowest BCUT2D eigenvalue weighted by Crippen LogP contribution is -2.32. The van der Waals surface area contributed by atoms with Crippen LogP contribution in [0.5, 0.6) is 5.75 Å². The molecule has 0 saturated heterocycles. The molecule has 7 heteroatoms. The van der Waals surface area contributed by atoms with Gasteiger partial charge in [-0.1, -0.05) is 23.2 Å². The summed E-state index contributed by atoms with van der Waals surface area (Å²) in [5.41, 5.74) is 1.15. The molecule has 0 aliphatic rings. The second-order valence-corrected chi connectivity index (χ2v) is 5.47. The third-order valence-electron chi connectivity index (χ3n) is 2.90. The second kappa shape index (κ2) is 7.85. The Morgan fingerprint density at radius 2 is 1.78 bits per heavy atom. The first-order valence-electron chi connectivity index (χ1n) is 6.69. The number of Topliss-reactive ketones (excluding diaryl/α,β-unsaturated/α-hetero) is 1. The van der Waals surface area contributed by atoms with Crippen LogP contribution in [0.3, 0.4) is 0 Å². The molecule has 0 aromatic heterocycles. The van der Waals surface area contributed by atoms with Crippen LogP contribution in [0, 0.1) is 0 Å². The summed E-state index contributed by atoms with van der Waals surface area (Å²) < 4.78 is 5.34. The van der Waals surface area contributed by atoms with Crippen molar-refractivity contribution in [2.24, 2.45) is 0 Å². The van der Waals surface area contributed by atoms with E-state index in [-0.39, 0.29) is 12.5 Å². The highest BCUT2D eigenvalue weighted by Crippen LogP contribution is 2.27. The Labute approximate surface area is 143 Å². The Bertz CT molecular complexity index is 718. The van der Waals surface area contributed by atoms with Crippen molar-refractivity contribution in [1.82, 2.24) is 5.32 Å². The van der Waals surface area contributed by atoms with E-state index < -0.39 is 6.03 Å². The number of nitrogens with one attached hydrogen (secondary N) is 2. The van der Waals surface area contributed by atoms with E-state index in [0.717, 1.165) is 0 Å². The van der Waals surface area contributed by atoms with Crippen LogP contribution in [0.1, 0.15) is 17.3 Å². The molecule has 0 fully saturated rings. The SMILES string of the molecule is CC(=O)c1ccc(NC(=O)NCOc2ccc(Cl)cc2Cl)cc1. The van der Waals surface area contributed by atoms with Crippen LogP contribution in [0.15, 0.2) is 42.5 Å². The molecule has 2 rings (SSSR count). The molecule has 0 atom stereocenters. The van der Waals surface area contributed by atoms with Crippen LogP contribution in [-0.4, -0.2) is 18.5 Å². The van der Waals surface area contributed by atoms with E-state index in [9.17, 15) is 9.59 Å². The van der Waals surface area contributed by atoms with Crippen molar-refractivity contribution in [3.63, 3.8) is 0 Å². The zero-order valence-electron chi connectivity index (χ0n) is 12.2. The lowest BCUT2D eigenvalue weighted by molar-refractivity contribution is 0.101. The fourth-order valence-corrected chi connectivity index (χ4v) is 2.20. The minimum absolute atomic E-state index is 0.0331. The van der Waals surface area contributed by atoms with Crippen LogP contribution < -0.4 is 15.4 Å². The summed E-state index contributed by atoms with van der Waals surface area (Å²) in [6, 6.07) is 10.9. The van der Waals surface area contributed by atoms with Crippen molar-refractivity contribution in [2.75, 3.05) is 12.0 Å². The molecule has 5 nitrogen and oxygen atoms in total. The molecule has 2 N–H and O–H groups in total. The molecule has 0 unspecified atom stereocenters. The molecule has 2 aromatic rings. The van der Waals surface area contributed by atoms with Crippen molar-refractivity contribution < 1.29 is 14.3 Å². The summed E-state index contributed by atoms with van der Waals surface area (Å²) >= 11 is 11.7. The van der Waals surface area contributed by atoms with Gasteiger partial charge in [0, 0.05) is 16.3 Å². The van der Waals surface area contributed by atoms with Gasteiger partial charge in [-0.3, -0.25) is 4.79 Å². The normalized spacial score (nSPS) is 10.0. The maximum Gasteiger partial charge on any atom is 0.321 e. The number of ether oxygens (including phenoxy) is 1. The summed E-state index contributed by atoms with van der Waals surface area (Å²) in [6.07, 6.45) is 0. The Balaban J connectivity index is 1.82. The number of anilines is 1. The molecule has 0 aliphatic carbocycles. The minimum Gasteiger partial charge on any atom is -0.472 e. The standard InChI is InChI=1S/C16H14Cl2N2O3/c1-10(21)11-2-5-13(6-3-11)20-16(22)19-9-23-15-7-4-12(17)8-14(15)18/h2-8H,9H2,1H3,(H2,19,20,22). The first-order valence-corrected chi connectivity index (χ1v) is 7.45. The van der Waals surface area contributed by atoms with E-state index >= 15 is 0 Å². The number of carbonyl (C=O) groups is 2. The molecule has 0 spiro atoms. The molecular formula is C16H14Cl2N2O3. The monoisotopic (exact) mass is 352 g/mol. The molecule has 0 saturated carbocycles. The summed E-state index contributed by atoms with van der Waals surface area (Å²) in [7, 11) is 0. The van der Waals surface area contributed by atoms with Crippen LogP contribution in [-0.2, 0) is 0 Å². The number of halogens is 2. The first-order chi connectivity index (χ1) is 11.0. The molecule has 2 aromatic carbocycles. The molecule has 23 heavy (non-hydrogen) atoms. The van der Waals surface area contributed by atoms with Crippen molar-refractivity contribution in [1.29, 1.82) is 0 Å². The maximum atomic E-state index is 11.7. The summed E-state index contributed by atoms with van der Waals surface area (Å²) in [5.74, 6) is 0.386. The second-order valence-electron chi connectivity index (χ2n) is 4.63. The highest BCUT2D eigenvalue weighted by Gasteiger charge is 2.05. The van der Waals surface area contributed by atoms with Gasteiger partial charge in [0.2, 0.25) is 0 Å². The number of urea groups is 1. The predicted octanol–water partition coefficient (Wildman–Crippen LogP) is 4.35. The number of amides is 2. The Morgan fingerprint density at radius 3 is 2.39 bits per heavy atom. The summed E-state index contributed by atoms with van der Waals surface area (Å²) in [4.78, 5) is 22.9. The van der Waals surface area contributed by atoms with Crippen LogP contribution in [0.25, 0.3) is 0 Å². The highest BCUT2D eigenvalue weighted by molar-refractivity contribution is 6.35. The van der Waals surface area contributed by atoms with Crippen LogP contribution in [0.2, 0.25) is 10.0 Å². The average molecular weight is 353 g/mol. The van der Waals surface area contributed by atoms with Crippen molar-refractivity contribution in [3.05, 3.63) is 58.1 Å². The number of rotatable bonds is 5. The van der Waals surface area contributed by atoms with Gasteiger partial charge >= 0.3 is 6.03 Å². The van der Waals surface area contributed by atoms with Gasteiger partial charge in [-0.2, -0.15) is 0 Å². The van der Waals surface area contributed by atoms with Crippen molar-refractivity contribution in [2.45, 2.75) is 6.92 Å². The molecule has 0 bridgehead atoms. The fourth-order valence-electron chi connectivity index (χ4n) is 1.74. The van der Waals surface area contributed by atoms with E-state index in [0.29, 0.717) is 27.0 Å². The smallest absolute Gasteiger partial charge is 0.321 e. The Kier molecular flexibility index (Phi) is 5.84. The maximum absolute atomic E-state index is 11.7. The number of hydrogen-bond donors (Lipinski definition) is 2. The van der Waals surface area contributed by atoms with E-state index in [1.54, 1.807) is 42.5 Å². The molecular weight excluding hydrogens is 339 g/mol. The zero-order valence-corrected chi connectivity index (χ0v) is 13.7. The lowest BCUT2D eigenvalue weighted by atomic mass is 10.1. The number of benzene rings is 2. The van der Waals surface area contributed by atoms with E-state index in [2.05, 4.69) is 10.6 Å². The predicted molar refractivity (Wildman–Crippen MR) is 90.6 cm³/mol. The minimum atomic E-state index is -0.439. The molecule has 0 radical (unpaired) electrons. The lowest BCUT2D eigenvalue weighted by Gasteiger charge is -2.10. The third kappa shape index (κ3) is 5.16. The highest BCUT2D eigenvalue weighted by atomic mass is 35.5. The molecule has 120 valence electrons. The summed E-state index contributed by atoms with van der Waals surface area (Å²) in [6.45, 7) is 1.42. The van der Waals surface area contributed by atoms with Gasteiger partial charge < -0.3 is 15.4 Å². The fraction of sp³-hybridized carbons (Fsp3) is 0.125. The quantitative estimate of drug-likeness (QED) is 0.620. The summed E-state index contributed by atoms with van der Waals surface area (Å²) in [5, 5.41) is 6.01. The van der Waals surface area contributed by atoms with E-state index in [4.69, 9.17) is 27.9 Å². The van der Waals surface area contributed by atoms with Crippen molar-refractivity contribution in [3.8, 4) is 5.75 Å². The van der Waals surface area contributed by atoms with Crippen LogP contribution in [0.4, 0.5) is 10.5 Å². The zero-order chi connectivity index (χ0) is 16.8. The van der Waals surface area contributed by atoms with Gasteiger partial charge in [0.05, 0.1) is 5.02 Å². The van der Waals surface area contributed by atoms with Gasteiger partial charge in [-0.15, -0.1) is 0 Å². The number of carbonyl (C=O) groups excluding carboxylic acids is 2. The molecule has 2 amide bonds. The molecule has 0 heterocycles. The van der Waals surface area contributed by atoms with Gasteiger partial charge in [0.15, 0.2) is 12.5 Å².